The second kappa shape index (κ2) is 6.06. The lowest BCUT2D eigenvalue weighted by molar-refractivity contribution is 0.288. The Morgan fingerprint density at radius 2 is 2.17 bits per heavy atom. The van der Waals surface area contributed by atoms with Gasteiger partial charge in [-0.3, -0.25) is 0 Å². The Kier molecular flexibility index (Phi) is 4.43. The third kappa shape index (κ3) is 3.61. The van der Waals surface area contributed by atoms with E-state index in [9.17, 15) is 4.39 Å². The number of halogens is 2. The Bertz CT molecular complexity index is 510. The van der Waals surface area contributed by atoms with E-state index in [1.165, 1.54) is 12.1 Å². The van der Waals surface area contributed by atoms with Crippen molar-refractivity contribution in [3.05, 3.63) is 45.9 Å². The smallest absolute Gasteiger partial charge is 0.124 e. The van der Waals surface area contributed by atoms with Gasteiger partial charge in [-0.25, -0.2) is 9.07 Å². The van der Waals surface area contributed by atoms with Gasteiger partial charge in [-0.05, 0) is 36.6 Å². The normalized spacial score (nSPS) is 10.8. The van der Waals surface area contributed by atoms with Gasteiger partial charge in [0.2, 0.25) is 0 Å². The zero-order valence-corrected chi connectivity index (χ0v) is 11.3. The lowest BCUT2D eigenvalue weighted by Crippen LogP contribution is -2.01. The van der Waals surface area contributed by atoms with Crippen LogP contribution in [0.3, 0.4) is 0 Å². The van der Waals surface area contributed by atoms with Crippen LogP contribution in [0.5, 0.6) is 0 Å². The molecule has 0 atom stereocenters. The molecule has 0 unspecified atom stereocenters. The van der Waals surface area contributed by atoms with Crippen LogP contribution in [0.25, 0.3) is 0 Å². The minimum absolute atomic E-state index is 0.143. The number of aliphatic hydroxyl groups is 1. The molecule has 0 saturated carbocycles. The summed E-state index contributed by atoms with van der Waals surface area (Å²) in [7, 11) is 0. The van der Waals surface area contributed by atoms with Crippen molar-refractivity contribution in [2.45, 2.75) is 19.4 Å². The summed E-state index contributed by atoms with van der Waals surface area (Å²) in [6.07, 6.45) is 3.18. The number of nitrogens with zero attached hydrogens (tertiary/aromatic N) is 3. The average molecular weight is 314 g/mol. The van der Waals surface area contributed by atoms with Crippen LogP contribution in [-0.2, 0) is 13.0 Å². The molecule has 18 heavy (non-hydrogen) atoms. The summed E-state index contributed by atoms with van der Waals surface area (Å²) in [6.45, 7) is 0.617. The monoisotopic (exact) mass is 313 g/mol. The maximum absolute atomic E-state index is 13.2. The van der Waals surface area contributed by atoms with Crippen molar-refractivity contribution in [2.24, 2.45) is 0 Å². The quantitative estimate of drug-likeness (QED) is 0.920. The van der Waals surface area contributed by atoms with E-state index in [1.54, 1.807) is 4.68 Å². The molecule has 0 aliphatic heterocycles. The van der Waals surface area contributed by atoms with E-state index in [0.29, 0.717) is 23.9 Å². The Balaban J connectivity index is 2.06. The maximum atomic E-state index is 13.2. The molecule has 1 heterocycles. The summed E-state index contributed by atoms with van der Waals surface area (Å²) >= 11 is 3.25. The summed E-state index contributed by atoms with van der Waals surface area (Å²) in [5.41, 5.74) is 1.65. The lowest BCUT2D eigenvalue weighted by atomic mass is 10.2. The molecule has 0 aliphatic carbocycles. The molecule has 1 aromatic carbocycles. The summed E-state index contributed by atoms with van der Waals surface area (Å²) in [4.78, 5) is 0. The molecule has 2 aromatic rings. The number of aryl methyl sites for hydroxylation is 1. The van der Waals surface area contributed by atoms with Gasteiger partial charge in [-0.1, -0.05) is 21.1 Å². The van der Waals surface area contributed by atoms with Crippen molar-refractivity contribution in [3.63, 3.8) is 0 Å². The number of hydrogen-bond donors (Lipinski definition) is 1. The Morgan fingerprint density at radius 1 is 1.33 bits per heavy atom. The molecule has 6 heteroatoms. The molecule has 0 fully saturated rings. The first-order chi connectivity index (χ1) is 8.67. The lowest BCUT2D eigenvalue weighted by Gasteiger charge is -2.02. The van der Waals surface area contributed by atoms with Gasteiger partial charge in [-0.15, -0.1) is 5.10 Å². The largest absolute Gasteiger partial charge is 0.396 e. The SMILES string of the molecule is OCCCc1cn(Cc2cc(F)cc(Br)c2)nn1. The fourth-order valence-corrected chi connectivity index (χ4v) is 2.19. The highest BCUT2D eigenvalue weighted by atomic mass is 79.9. The number of aromatic nitrogens is 3. The van der Waals surface area contributed by atoms with Crippen molar-refractivity contribution in [3.8, 4) is 0 Å². The fraction of sp³-hybridized carbons (Fsp3) is 0.333. The van der Waals surface area contributed by atoms with Gasteiger partial charge in [0, 0.05) is 17.3 Å². The van der Waals surface area contributed by atoms with Gasteiger partial charge in [0.1, 0.15) is 5.82 Å². The van der Waals surface area contributed by atoms with E-state index in [4.69, 9.17) is 5.11 Å². The van der Waals surface area contributed by atoms with Crippen LogP contribution in [0.15, 0.2) is 28.9 Å². The van der Waals surface area contributed by atoms with E-state index in [-0.39, 0.29) is 12.4 Å². The van der Waals surface area contributed by atoms with Crippen LogP contribution >= 0.6 is 15.9 Å². The van der Waals surface area contributed by atoms with Gasteiger partial charge in [0.15, 0.2) is 0 Å². The number of rotatable bonds is 5. The van der Waals surface area contributed by atoms with Crippen molar-refractivity contribution in [2.75, 3.05) is 6.61 Å². The molecule has 0 saturated heterocycles. The van der Waals surface area contributed by atoms with Crippen molar-refractivity contribution in [1.82, 2.24) is 15.0 Å². The molecule has 0 amide bonds. The minimum atomic E-state index is -0.278. The molecule has 2 rings (SSSR count). The fourth-order valence-electron chi connectivity index (χ4n) is 1.68. The first-order valence-electron chi connectivity index (χ1n) is 5.62. The van der Waals surface area contributed by atoms with Gasteiger partial charge < -0.3 is 5.11 Å². The van der Waals surface area contributed by atoms with Crippen molar-refractivity contribution >= 4 is 15.9 Å². The molecule has 1 N–H and O–H groups in total. The second-order valence-electron chi connectivity index (χ2n) is 4.01. The van der Waals surface area contributed by atoms with E-state index < -0.39 is 0 Å². The predicted octanol–water partition coefficient (Wildman–Crippen LogP) is 2.15. The highest BCUT2D eigenvalue weighted by Gasteiger charge is 2.03. The molecule has 4 nitrogen and oxygen atoms in total. The standard InChI is InChI=1S/C12H13BrFN3O/c13-10-4-9(5-11(14)6-10)7-17-8-12(15-16-17)2-1-3-18/h4-6,8,18H,1-3,7H2. The molecular formula is C12H13BrFN3O. The zero-order chi connectivity index (χ0) is 13.0. The highest BCUT2D eigenvalue weighted by Crippen LogP contribution is 2.15. The van der Waals surface area contributed by atoms with Crippen LogP contribution < -0.4 is 0 Å². The van der Waals surface area contributed by atoms with E-state index >= 15 is 0 Å². The van der Waals surface area contributed by atoms with Crippen LogP contribution in [0.1, 0.15) is 17.7 Å². The number of aliphatic hydroxyl groups excluding tert-OH is 1. The third-order valence-corrected chi connectivity index (χ3v) is 2.90. The number of hydrogen-bond acceptors (Lipinski definition) is 3. The number of benzene rings is 1. The highest BCUT2D eigenvalue weighted by molar-refractivity contribution is 9.10. The van der Waals surface area contributed by atoms with E-state index in [0.717, 1.165) is 11.3 Å². The summed E-state index contributed by atoms with van der Waals surface area (Å²) in [5.74, 6) is -0.278. The predicted molar refractivity (Wildman–Crippen MR) is 68.6 cm³/mol. The summed E-state index contributed by atoms with van der Waals surface area (Å²) < 4.78 is 15.6. The van der Waals surface area contributed by atoms with Crippen LogP contribution in [0.2, 0.25) is 0 Å². The molecule has 96 valence electrons. The van der Waals surface area contributed by atoms with Crippen LogP contribution in [-0.4, -0.2) is 26.7 Å². The van der Waals surface area contributed by atoms with Gasteiger partial charge in [0.25, 0.3) is 0 Å². The first-order valence-corrected chi connectivity index (χ1v) is 6.41. The Hall–Kier alpha value is -1.27. The second-order valence-corrected chi connectivity index (χ2v) is 4.93. The van der Waals surface area contributed by atoms with E-state index in [1.807, 2.05) is 12.3 Å². The Morgan fingerprint density at radius 3 is 2.89 bits per heavy atom. The maximum Gasteiger partial charge on any atom is 0.124 e. The van der Waals surface area contributed by atoms with Crippen molar-refractivity contribution < 1.29 is 9.50 Å². The molecule has 1 aromatic heterocycles. The average Bonchev–Trinajstić information content (AvgIpc) is 2.72. The zero-order valence-electron chi connectivity index (χ0n) is 9.68. The summed E-state index contributed by atoms with van der Waals surface area (Å²) in [5, 5.41) is 16.7. The van der Waals surface area contributed by atoms with Crippen molar-refractivity contribution in [1.29, 1.82) is 0 Å². The van der Waals surface area contributed by atoms with Gasteiger partial charge >= 0.3 is 0 Å². The van der Waals surface area contributed by atoms with Gasteiger partial charge in [0.05, 0.1) is 12.2 Å². The van der Waals surface area contributed by atoms with E-state index in [2.05, 4.69) is 26.2 Å². The van der Waals surface area contributed by atoms with Crippen LogP contribution in [0, 0.1) is 5.82 Å². The Labute approximate surface area is 113 Å². The summed E-state index contributed by atoms with van der Waals surface area (Å²) in [6, 6.07) is 4.73. The molecular weight excluding hydrogens is 301 g/mol. The third-order valence-electron chi connectivity index (χ3n) is 2.44. The first kappa shape index (κ1) is 13.2. The minimum Gasteiger partial charge on any atom is -0.396 e. The topological polar surface area (TPSA) is 50.9 Å². The molecule has 0 aliphatic rings. The van der Waals surface area contributed by atoms with Gasteiger partial charge in [-0.2, -0.15) is 0 Å². The van der Waals surface area contributed by atoms with Crippen LogP contribution in [0.4, 0.5) is 4.39 Å². The molecule has 0 spiro atoms. The molecule has 0 bridgehead atoms. The molecule has 0 radical (unpaired) electrons.